The number of fused-ring (bicyclic) bond motifs is 1. The highest BCUT2D eigenvalue weighted by atomic mass is 32.2. The Kier molecular flexibility index (Phi) is 7.11. The molecular weight excluding hydrogens is 504 g/mol. The minimum atomic E-state index is -3.59. The van der Waals surface area contributed by atoms with Crippen molar-refractivity contribution in [3.63, 3.8) is 0 Å². The zero-order valence-corrected chi connectivity index (χ0v) is 22.8. The smallest absolute Gasteiger partial charge is 0.260 e. The van der Waals surface area contributed by atoms with E-state index in [2.05, 4.69) is 18.0 Å². The highest BCUT2D eigenvalue weighted by molar-refractivity contribution is 7.89. The van der Waals surface area contributed by atoms with Crippen molar-refractivity contribution in [3.8, 4) is 0 Å². The molecule has 0 radical (unpaired) electrons. The lowest BCUT2D eigenvalue weighted by Crippen LogP contribution is -2.39. The summed E-state index contributed by atoms with van der Waals surface area (Å²) in [5.74, 6) is 0.0967. The molecule has 1 unspecified atom stereocenters. The number of carbonyl (C=O) groups excluding carboxylic acids is 1. The second-order valence-corrected chi connectivity index (χ2v) is 12.7. The number of piperidine rings is 1. The van der Waals surface area contributed by atoms with Crippen LogP contribution in [0.4, 0.5) is 5.13 Å². The molecule has 5 rings (SSSR count). The van der Waals surface area contributed by atoms with E-state index >= 15 is 0 Å². The highest BCUT2D eigenvalue weighted by Gasteiger charge is 2.29. The SMILES string of the molecule is Cc1cc(C)c2sc(N(Cc3cccnc3)C(=O)c3ccc(S(=O)(=O)N4CCCC(C)C4)cc3)nc2c1. The molecule has 1 amide bonds. The van der Waals surface area contributed by atoms with E-state index < -0.39 is 10.0 Å². The van der Waals surface area contributed by atoms with Crippen molar-refractivity contribution in [1.29, 1.82) is 0 Å². The van der Waals surface area contributed by atoms with Gasteiger partial charge in [0.25, 0.3) is 5.91 Å². The molecule has 0 bridgehead atoms. The number of aromatic nitrogens is 2. The first-order valence-electron chi connectivity index (χ1n) is 12.4. The Bertz CT molecular complexity index is 1530. The van der Waals surface area contributed by atoms with E-state index in [1.54, 1.807) is 33.7 Å². The summed E-state index contributed by atoms with van der Waals surface area (Å²) < 4.78 is 29.0. The van der Waals surface area contributed by atoms with Crippen LogP contribution in [-0.4, -0.2) is 41.7 Å². The fraction of sp³-hybridized carbons (Fsp3) is 0.321. The molecule has 1 saturated heterocycles. The maximum atomic E-state index is 13.8. The molecule has 1 aliphatic rings. The van der Waals surface area contributed by atoms with Gasteiger partial charge in [-0.1, -0.05) is 30.4 Å². The van der Waals surface area contributed by atoms with Crippen molar-refractivity contribution in [2.24, 2.45) is 5.92 Å². The lowest BCUT2D eigenvalue weighted by Gasteiger charge is -2.30. The van der Waals surface area contributed by atoms with Gasteiger partial charge in [0.15, 0.2) is 5.13 Å². The number of pyridine rings is 1. The summed E-state index contributed by atoms with van der Waals surface area (Å²) in [6.45, 7) is 7.51. The van der Waals surface area contributed by atoms with Crippen LogP contribution in [0.2, 0.25) is 0 Å². The van der Waals surface area contributed by atoms with Crippen LogP contribution in [0, 0.1) is 19.8 Å². The van der Waals surface area contributed by atoms with Gasteiger partial charge in [0, 0.05) is 31.0 Å². The molecule has 2 aromatic heterocycles. The minimum absolute atomic E-state index is 0.211. The van der Waals surface area contributed by atoms with E-state index in [1.165, 1.54) is 23.5 Å². The Morgan fingerprint density at radius 2 is 1.95 bits per heavy atom. The van der Waals surface area contributed by atoms with Crippen LogP contribution in [0.1, 0.15) is 46.8 Å². The summed E-state index contributed by atoms with van der Waals surface area (Å²) >= 11 is 1.48. The Morgan fingerprint density at radius 1 is 1.16 bits per heavy atom. The standard InChI is InChI=1S/C28H30N4O3S2/c1-19-6-5-13-31(17-19)37(34,35)24-10-8-23(9-11-24)27(33)32(18-22-7-4-12-29-16-22)28-30-25-15-20(2)14-21(3)26(25)36-28/h4,7-12,14-16,19H,5-6,13,17-18H2,1-3H3. The van der Waals surface area contributed by atoms with Gasteiger partial charge >= 0.3 is 0 Å². The number of carbonyl (C=O) groups is 1. The highest BCUT2D eigenvalue weighted by Crippen LogP contribution is 2.34. The molecule has 0 saturated carbocycles. The molecule has 2 aromatic carbocycles. The molecule has 0 N–H and O–H groups in total. The van der Waals surface area contributed by atoms with Crippen LogP contribution in [0.3, 0.4) is 0 Å². The maximum absolute atomic E-state index is 13.8. The van der Waals surface area contributed by atoms with Gasteiger partial charge in [-0.25, -0.2) is 13.4 Å². The van der Waals surface area contributed by atoms with Gasteiger partial charge in [0.2, 0.25) is 10.0 Å². The second kappa shape index (κ2) is 10.3. The lowest BCUT2D eigenvalue weighted by molar-refractivity contribution is 0.0985. The monoisotopic (exact) mass is 534 g/mol. The van der Waals surface area contributed by atoms with Crippen LogP contribution in [0.15, 0.2) is 65.8 Å². The Morgan fingerprint density at radius 3 is 2.65 bits per heavy atom. The molecule has 37 heavy (non-hydrogen) atoms. The normalized spacial score (nSPS) is 16.7. The number of hydrogen-bond donors (Lipinski definition) is 0. The van der Waals surface area contributed by atoms with Crippen LogP contribution in [0.5, 0.6) is 0 Å². The van der Waals surface area contributed by atoms with Crippen molar-refractivity contribution >= 4 is 42.6 Å². The molecule has 9 heteroatoms. The predicted molar refractivity (Wildman–Crippen MR) is 147 cm³/mol. The van der Waals surface area contributed by atoms with Crippen LogP contribution in [-0.2, 0) is 16.6 Å². The van der Waals surface area contributed by atoms with Gasteiger partial charge in [-0.05, 0) is 85.7 Å². The van der Waals surface area contributed by atoms with Gasteiger partial charge in [-0.15, -0.1) is 0 Å². The average Bonchev–Trinajstić information content (AvgIpc) is 3.32. The molecule has 7 nitrogen and oxygen atoms in total. The number of anilines is 1. The fourth-order valence-electron chi connectivity index (χ4n) is 4.82. The van der Waals surface area contributed by atoms with Crippen LogP contribution >= 0.6 is 11.3 Å². The van der Waals surface area contributed by atoms with E-state index in [-0.39, 0.29) is 10.8 Å². The van der Waals surface area contributed by atoms with Gasteiger partial charge in [-0.2, -0.15) is 4.31 Å². The number of rotatable bonds is 6. The average molecular weight is 535 g/mol. The fourth-order valence-corrected chi connectivity index (χ4v) is 7.43. The van der Waals surface area contributed by atoms with Crippen molar-refractivity contribution in [1.82, 2.24) is 14.3 Å². The molecule has 1 fully saturated rings. The van der Waals surface area contributed by atoms with E-state index in [1.807, 2.05) is 32.0 Å². The second-order valence-electron chi connectivity index (χ2n) is 9.81. The Hall–Kier alpha value is -3.14. The third-order valence-corrected chi connectivity index (χ3v) is 9.82. The molecule has 0 aliphatic carbocycles. The molecular formula is C28H30N4O3S2. The molecule has 1 atom stereocenters. The first-order valence-corrected chi connectivity index (χ1v) is 14.7. The number of sulfonamides is 1. The topological polar surface area (TPSA) is 83.5 Å². The quantitative estimate of drug-likeness (QED) is 0.323. The van der Waals surface area contributed by atoms with Gasteiger partial charge in [0.1, 0.15) is 0 Å². The maximum Gasteiger partial charge on any atom is 0.260 e. The van der Waals surface area contributed by atoms with Crippen molar-refractivity contribution in [2.45, 2.75) is 45.1 Å². The summed E-state index contributed by atoms with van der Waals surface area (Å²) in [7, 11) is -3.59. The Labute approximate surface area is 221 Å². The molecule has 3 heterocycles. The van der Waals surface area contributed by atoms with E-state index in [0.29, 0.717) is 36.2 Å². The van der Waals surface area contributed by atoms with Crippen molar-refractivity contribution in [3.05, 3.63) is 83.2 Å². The third-order valence-electron chi connectivity index (χ3n) is 6.71. The lowest BCUT2D eigenvalue weighted by atomic mass is 10.0. The summed E-state index contributed by atoms with van der Waals surface area (Å²) in [4.78, 5) is 24.6. The summed E-state index contributed by atoms with van der Waals surface area (Å²) in [6, 6.07) is 14.2. The third kappa shape index (κ3) is 5.30. The Balaban J connectivity index is 1.48. The van der Waals surface area contributed by atoms with Crippen LogP contribution in [0.25, 0.3) is 10.2 Å². The molecule has 192 valence electrons. The first-order chi connectivity index (χ1) is 17.7. The van der Waals surface area contributed by atoms with Crippen molar-refractivity contribution < 1.29 is 13.2 Å². The summed E-state index contributed by atoms with van der Waals surface area (Å²) in [6.07, 6.45) is 5.33. The molecule has 1 aliphatic heterocycles. The molecule has 0 spiro atoms. The zero-order valence-electron chi connectivity index (χ0n) is 21.2. The van der Waals surface area contributed by atoms with Gasteiger partial charge < -0.3 is 0 Å². The number of thiazole rings is 1. The number of amides is 1. The van der Waals surface area contributed by atoms with E-state index in [9.17, 15) is 13.2 Å². The van der Waals surface area contributed by atoms with E-state index in [0.717, 1.165) is 39.7 Å². The summed E-state index contributed by atoms with van der Waals surface area (Å²) in [5.41, 5.74) is 4.38. The number of hydrogen-bond acceptors (Lipinski definition) is 6. The number of aryl methyl sites for hydroxylation is 2. The first kappa shape index (κ1) is 25.5. The van der Waals surface area contributed by atoms with E-state index in [4.69, 9.17) is 4.98 Å². The van der Waals surface area contributed by atoms with Gasteiger partial charge in [-0.3, -0.25) is 14.7 Å². The minimum Gasteiger partial charge on any atom is -0.279 e. The van der Waals surface area contributed by atoms with Gasteiger partial charge in [0.05, 0.1) is 21.7 Å². The predicted octanol–water partition coefficient (Wildman–Crippen LogP) is 5.58. The molecule has 4 aromatic rings. The largest absolute Gasteiger partial charge is 0.279 e. The zero-order chi connectivity index (χ0) is 26.2. The number of nitrogens with zero attached hydrogens (tertiary/aromatic N) is 4. The van der Waals surface area contributed by atoms with Crippen LogP contribution < -0.4 is 4.90 Å². The number of benzene rings is 2. The summed E-state index contributed by atoms with van der Waals surface area (Å²) in [5, 5.41) is 0.594. The van der Waals surface area contributed by atoms with Crippen molar-refractivity contribution in [2.75, 3.05) is 18.0 Å².